The molecular weight excluding hydrogens is 544 g/mol. The number of rotatable bonds is 9. The van der Waals surface area contributed by atoms with Crippen molar-refractivity contribution in [3.8, 4) is 11.5 Å². The third-order valence-corrected chi connectivity index (χ3v) is 10.7. The minimum atomic E-state index is -0.00601. The highest BCUT2D eigenvalue weighted by molar-refractivity contribution is 5.95. The lowest BCUT2D eigenvalue weighted by Crippen LogP contribution is -2.54. The van der Waals surface area contributed by atoms with E-state index in [9.17, 15) is 4.79 Å². The molecule has 2 aromatic heterocycles. The Balaban J connectivity index is 1.04. The van der Waals surface area contributed by atoms with Crippen LogP contribution in [0.3, 0.4) is 0 Å². The Morgan fingerprint density at radius 2 is 1.56 bits per heavy atom. The lowest BCUT2D eigenvalue weighted by atomic mass is 9.53. The Morgan fingerprint density at radius 1 is 0.907 bits per heavy atom. The molecule has 2 atom stereocenters. The van der Waals surface area contributed by atoms with Crippen LogP contribution in [0, 0.1) is 5.41 Å². The Kier molecular flexibility index (Phi) is 6.71. The van der Waals surface area contributed by atoms with Crippen LogP contribution < -0.4 is 4.90 Å². The van der Waals surface area contributed by atoms with Gasteiger partial charge in [-0.15, -0.1) is 0 Å². The van der Waals surface area contributed by atoms with E-state index in [1.54, 1.807) is 0 Å². The molecule has 1 aliphatic heterocycles. The van der Waals surface area contributed by atoms with Gasteiger partial charge in [0.1, 0.15) is 0 Å². The van der Waals surface area contributed by atoms with Crippen molar-refractivity contribution < 1.29 is 18.6 Å². The zero-order chi connectivity index (χ0) is 29.2. The molecule has 0 radical (unpaired) electrons. The van der Waals surface area contributed by atoms with Gasteiger partial charge in [-0.1, -0.05) is 16.4 Å². The monoisotopic (exact) mass is 586 g/mol. The number of ether oxygens (including phenoxy) is 1. The van der Waals surface area contributed by atoms with Gasteiger partial charge in [0.05, 0.1) is 18.8 Å². The van der Waals surface area contributed by atoms with E-state index in [1.165, 1.54) is 12.8 Å². The third-order valence-electron chi connectivity index (χ3n) is 10.7. The zero-order valence-electron chi connectivity index (χ0n) is 25.3. The van der Waals surface area contributed by atoms with Crippen molar-refractivity contribution in [2.75, 3.05) is 31.1 Å². The van der Waals surface area contributed by atoms with Crippen LogP contribution in [0.4, 0.5) is 5.69 Å². The summed E-state index contributed by atoms with van der Waals surface area (Å²) in [5.41, 5.74) is 1.82. The van der Waals surface area contributed by atoms with Crippen molar-refractivity contribution in [3.05, 3.63) is 41.8 Å². The molecule has 6 fully saturated rings. The molecule has 10 nitrogen and oxygen atoms in total. The molecule has 3 aromatic rings. The number of carbonyl (C=O) groups is 1. The molecule has 5 saturated carbocycles. The maximum atomic E-state index is 14.2. The van der Waals surface area contributed by atoms with E-state index in [4.69, 9.17) is 18.8 Å². The standard InChI is InChI=1S/C33H42N6O4/c1-21-17-38(18-22(2)41-21)19-27(40)39(26-5-3-4-25(16-26)30-34-28(36-42-30)23-6-7-23)20-32-10-13-33(14-11-32,15-12-32)31-35-29(37-43-31)24-8-9-24/h3-5,16,21-24H,6-15,17-20H2,1-2H3. The first-order valence-electron chi connectivity index (χ1n) is 16.3. The summed E-state index contributed by atoms with van der Waals surface area (Å²) in [7, 11) is 0. The number of hydrogen-bond acceptors (Lipinski definition) is 9. The molecule has 3 heterocycles. The quantitative estimate of drug-likeness (QED) is 0.316. The minimum absolute atomic E-state index is 0.00601. The van der Waals surface area contributed by atoms with Crippen molar-refractivity contribution in [3.63, 3.8) is 0 Å². The van der Waals surface area contributed by atoms with E-state index < -0.39 is 0 Å². The molecule has 5 aliphatic carbocycles. The molecule has 9 rings (SSSR count). The molecule has 1 aromatic carbocycles. The lowest BCUT2D eigenvalue weighted by molar-refractivity contribution is -0.124. The summed E-state index contributed by atoms with van der Waals surface area (Å²) in [5, 5.41) is 8.56. The van der Waals surface area contributed by atoms with Crippen LogP contribution >= 0.6 is 0 Å². The Bertz CT molecular complexity index is 1460. The molecule has 1 saturated heterocycles. The Labute approximate surface area is 252 Å². The normalized spacial score (nSPS) is 30.9. The van der Waals surface area contributed by atoms with Crippen LogP contribution in [0.15, 0.2) is 33.3 Å². The molecule has 2 bridgehead atoms. The second-order valence-corrected chi connectivity index (χ2v) is 14.2. The number of aromatic nitrogens is 4. The molecule has 10 heteroatoms. The third kappa shape index (κ3) is 5.41. The van der Waals surface area contributed by atoms with Gasteiger partial charge < -0.3 is 18.7 Å². The summed E-state index contributed by atoms with van der Waals surface area (Å²) in [4.78, 5) is 28.1. The highest BCUT2D eigenvalue weighted by Crippen LogP contribution is 2.58. The highest BCUT2D eigenvalue weighted by atomic mass is 16.5. The van der Waals surface area contributed by atoms with E-state index >= 15 is 0 Å². The largest absolute Gasteiger partial charge is 0.373 e. The van der Waals surface area contributed by atoms with Gasteiger partial charge in [0.15, 0.2) is 11.6 Å². The van der Waals surface area contributed by atoms with Crippen molar-refractivity contribution in [1.82, 2.24) is 25.2 Å². The van der Waals surface area contributed by atoms with Crippen LogP contribution in [0.5, 0.6) is 0 Å². The maximum Gasteiger partial charge on any atom is 0.258 e. The predicted molar refractivity (Wildman–Crippen MR) is 159 cm³/mol. The maximum absolute atomic E-state index is 14.2. The number of benzene rings is 1. The smallest absolute Gasteiger partial charge is 0.258 e. The predicted octanol–water partition coefficient (Wildman–Crippen LogP) is 5.61. The molecule has 0 spiro atoms. The molecule has 6 aliphatic rings. The fourth-order valence-electron chi connectivity index (χ4n) is 7.79. The summed E-state index contributed by atoms with van der Waals surface area (Å²) in [6, 6.07) is 8.10. The van der Waals surface area contributed by atoms with Crippen molar-refractivity contribution in [2.24, 2.45) is 5.41 Å². The van der Waals surface area contributed by atoms with Crippen LogP contribution in [0.25, 0.3) is 11.5 Å². The summed E-state index contributed by atoms with van der Waals surface area (Å²) in [6.45, 7) is 6.77. The molecular formula is C33H42N6O4. The van der Waals surface area contributed by atoms with E-state index in [0.29, 0.717) is 30.8 Å². The summed E-state index contributed by atoms with van der Waals surface area (Å²) in [5.74, 6) is 4.13. The first-order valence-corrected chi connectivity index (χ1v) is 16.3. The molecule has 228 valence electrons. The van der Waals surface area contributed by atoms with Gasteiger partial charge in [-0.3, -0.25) is 9.69 Å². The van der Waals surface area contributed by atoms with Gasteiger partial charge in [0.25, 0.3) is 5.89 Å². The Morgan fingerprint density at radius 3 is 2.23 bits per heavy atom. The number of nitrogens with zero attached hydrogens (tertiary/aromatic N) is 6. The molecule has 2 unspecified atom stereocenters. The number of fused-ring (bicyclic) bond motifs is 3. The van der Waals surface area contributed by atoms with Crippen molar-refractivity contribution >= 4 is 11.6 Å². The number of amides is 1. The number of morpholine rings is 1. The van der Waals surface area contributed by atoms with Gasteiger partial charge in [-0.05, 0) is 102 Å². The van der Waals surface area contributed by atoms with Crippen molar-refractivity contribution in [2.45, 2.75) is 108 Å². The van der Waals surface area contributed by atoms with E-state index in [2.05, 4.69) is 46.2 Å². The zero-order valence-corrected chi connectivity index (χ0v) is 25.3. The fraction of sp³-hybridized carbons (Fsp3) is 0.667. The average Bonchev–Trinajstić information content (AvgIpc) is 3.95. The second-order valence-electron chi connectivity index (χ2n) is 14.2. The Hall–Kier alpha value is -3.11. The number of hydrogen-bond donors (Lipinski definition) is 0. The molecule has 43 heavy (non-hydrogen) atoms. The van der Waals surface area contributed by atoms with Gasteiger partial charge in [0.2, 0.25) is 11.8 Å². The van der Waals surface area contributed by atoms with Crippen molar-refractivity contribution in [1.29, 1.82) is 0 Å². The van der Waals surface area contributed by atoms with E-state index in [1.807, 2.05) is 17.0 Å². The summed E-state index contributed by atoms with van der Waals surface area (Å²) < 4.78 is 17.5. The number of anilines is 1. The highest BCUT2D eigenvalue weighted by Gasteiger charge is 2.53. The van der Waals surface area contributed by atoms with E-state index in [-0.39, 0.29) is 28.9 Å². The summed E-state index contributed by atoms with van der Waals surface area (Å²) >= 11 is 0. The molecule has 0 N–H and O–H groups in total. The first kappa shape index (κ1) is 27.4. The average molecular weight is 587 g/mol. The lowest BCUT2D eigenvalue weighted by Gasteiger charge is -2.53. The SMILES string of the molecule is CC1CN(CC(=O)N(CC23CCC(c4nc(C5CC5)no4)(CC2)CC3)c2cccc(-c3nc(C4CC4)no3)c2)CC(C)O1. The molecule has 1 amide bonds. The van der Waals surface area contributed by atoms with E-state index in [0.717, 1.165) is 93.2 Å². The van der Waals surface area contributed by atoms with Crippen LogP contribution in [0.2, 0.25) is 0 Å². The van der Waals surface area contributed by atoms with Crippen LogP contribution in [0.1, 0.15) is 107 Å². The van der Waals surface area contributed by atoms with Crippen LogP contribution in [-0.2, 0) is 14.9 Å². The number of carbonyl (C=O) groups excluding carboxylic acids is 1. The van der Waals surface area contributed by atoms with Gasteiger partial charge in [-0.2, -0.15) is 9.97 Å². The second kappa shape index (κ2) is 10.5. The minimum Gasteiger partial charge on any atom is -0.373 e. The van der Waals surface area contributed by atoms with Gasteiger partial charge >= 0.3 is 0 Å². The van der Waals surface area contributed by atoms with Gasteiger partial charge in [-0.25, -0.2) is 0 Å². The van der Waals surface area contributed by atoms with Crippen LogP contribution in [-0.4, -0.2) is 69.5 Å². The first-order chi connectivity index (χ1) is 20.9. The summed E-state index contributed by atoms with van der Waals surface area (Å²) in [6.07, 6.45) is 11.1. The fourth-order valence-corrected chi connectivity index (χ4v) is 7.79. The van der Waals surface area contributed by atoms with Gasteiger partial charge in [0, 0.05) is 48.1 Å². The topological polar surface area (TPSA) is 111 Å².